The molecule has 4 atom stereocenters. The number of sulfone groups is 1. The molecule has 1 aliphatic carbocycles. The van der Waals surface area contributed by atoms with Crippen molar-refractivity contribution in [1.82, 2.24) is 4.98 Å². The Morgan fingerprint density at radius 1 is 1.23 bits per heavy atom. The summed E-state index contributed by atoms with van der Waals surface area (Å²) in [6.45, 7) is -0.0439. The SMILES string of the molecule is CS(=O)(=O)c1nc2ccc(NCOC3CC(S(=O)[O-])CC(S(=O)(=O)[O-])C3)cc2s1.[Na+].[Na+]. The molecule has 31 heavy (non-hydrogen) atoms. The predicted octanol–water partition coefficient (Wildman–Crippen LogP) is -5.19. The van der Waals surface area contributed by atoms with Gasteiger partial charge >= 0.3 is 59.1 Å². The number of rotatable bonds is 7. The molecule has 1 saturated carbocycles. The molecule has 2 aromatic rings. The Labute approximate surface area is 231 Å². The normalized spacial score (nSPS) is 22.9. The van der Waals surface area contributed by atoms with E-state index in [-0.39, 0.29) is 89.4 Å². The predicted molar refractivity (Wildman–Crippen MR) is 106 cm³/mol. The summed E-state index contributed by atoms with van der Waals surface area (Å²) in [5.41, 5.74) is 1.16. The molecule has 0 aliphatic heterocycles. The standard InChI is InChI=1S/C15H20N2O8S4.2Na/c1-28(20,21)15-17-13-3-2-9(4-14(13)26-15)16-8-25-10-5-11(27(18)19)7-12(6-10)29(22,23)24;;/h2-4,10-12,16H,5-8H2,1H3,(H,18,19)(H,22,23,24);;/q;2*+1/p-2. The molecule has 0 bridgehead atoms. The average molecular weight is 529 g/mol. The smallest absolute Gasteiger partial charge is 0.772 e. The second-order valence-electron chi connectivity index (χ2n) is 6.75. The number of fused-ring (bicyclic) bond motifs is 1. The van der Waals surface area contributed by atoms with Crippen LogP contribution >= 0.6 is 11.3 Å². The first-order valence-corrected chi connectivity index (χ1v) is 13.7. The molecule has 162 valence electrons. The quantitative estimate of drug-likeness (QED) is 0.159. The van der Waals surface area contributed by atoms with Crippen molar-refractivity contribution in [3.8, 4) is 0 Å². The molecule has 10 nitrogen and oxygen atoms in total. The van der Waals surface area contributed by atoms with E-state index in [0.717, 1.165) is 17.6 Å². The van der Waals surface area contributed by atoms with Gasteiger partial charge in [0.25, 0.3) is 0 Å². The fourth-order valence-electron chi connectivity index (χ4n) is 3.11. The summed E-state index contributed by atoms with van der Waals surface area (Å²) in [4.78, 5) is 4.06. The van der Waals surface area contributed by atoms with Gasteiger partial charge in [0.2, 0.25) is 14.2 Å². The van der Waals surface area contributed by atoms with Crippen LogP contribution in [0, 0.1) is 0 Å². The Kier molecular flexibility index (Phi) is 11.6. The zero-order chi connectivity index (χ0) is 21.4. The zero-order valence-corrected chi connectivity index (χ0v) is 24.4. The number of hydrogen-bond donors (Lipinski definition) is 1. The summed E-state index contributed by atoms with van der Waals surface area (Å²) >= 11 is -1.46. The molecule has 0 spiro atoms. The maximum Gasteiger partial charge on any atom is 1.00 e. The summed E-state index contributed by atoms with van der Waals surface area (Å²) in [5, 5.41) is 0.703. The van der Waals surface area contributed by atoms with Crippen molar-refractivity contribution in [2.75, 3.05) is 18.3 Å². The Hall–Kier alpha value is 0.840. The van der Waals surface area contributed by atoms with Gasteiger partial charge in [0, 0.05) is 17.2 Å². The maximum absolute atomic E-state index is 11.6. The first-order valence-electron chi connectivity index (χ1n) is 8.42. The minimum Gasteiger partial charge on any atom is -0.772 e. The number of nitrogens with zero attached hydrogens (tertiary/aromatic N) is 1. The largest absolute Gasteiger partial charge is 1.00 e. The third-order valence-corrected chi connectivity index (χ3v) is 9.37. The van der Waals surface area contributed by atoms with E-state index in [1.807, 2.05) is 0 Å². The van der Waals surface area contributed by atoms with Gasteiger partial charge in [0.05, 0.1) is 31.7 Å². The fraction of sp³-hybridized carbons (Fsp3) is 0.533. The van der Waals surface area contributed by atoms with E-state index in [2.05, 4.69) is 10.3 Å². The summed E-state index contributed by atoms with van der Waals surface area (Å²) in [6, 6.07) is 5.03. The molecule has 1 aliphatic rings. The summed E-state index contributed by atoms with van der Waals surface area (Å²) in [6.07, 6.45) is 0.207. The van der Waals surface area contributed by atoms with Gasteiger partial charge in [-0.3, -0.25) is 4.21 Å². The topological polar surface area (TPSA) is 166 Å². The zero-order valence-electron chi connectivity index (χ0n) is 17.1. The van der Waals surface area contributed by atoms with E-state index in [4.69, 9.17) is 4.74 Å². The van der Waals surface area contributed by atoms with Gasteiger partial charge in [-0.25, -0.2) is 21.8 Å². The van der Waals surface area contributed by atoms with E-state index in [9.17, 15) is 30.1 Å². The molecule has 4 unspecified atom stereocenters. The van der Waals surface area contributed by atoms with Gasteiger partial charge in [-0.05, 0) is 37.5 Å². The molecule has 16 heteroatoms. The Bertz CT molecular complexity index is 1140. The van der Waals surface area contributed by atoms with Crippen molar-refractivity contribution in [2.45, 2.75) is 40.2 Å². The third-order valence-electron chi connectivity index (χ3n) is 4.54. The first kappa shape index (κ1) is 29.9. The van der Waals surface area contributed by atoms with Crippen LogP contribution < -0.4 is 64.4 Å². The number of anilines is 1. The number of aromatic nitrogens is 1. The maximum atomic E-state index is 11.6. The van der Waals surface area contributed by atoms with E-state index in [0.29, 0.717) is 15.9 Å². The van der Waals surface area contributed by atoms with Gasteiger partial charge in [0.15, 0.2) is 0 Å². The molecule has 0 saturated heterocycles. The minimum absolute atomic E-state index is 0. The van der Waals surface area contributed by atoms with Crippen molar-refractivity contribution < 1.29 is 94.0 Å². The van der Waals surface area contributed by atoms with Gasteiger partial charge in [-0.1, -0.05) is 11.1 Å². The molecular formula is C15H18N2Na2O8S4. The fourth-order valence-corrected chi connectivity index (χ4v) is 6.79. The molecule has 0 amide bonds. The second-order valence-corrected chi connectivity index (χ2v) is 12.8. The number of nitrogens with one attached hydrogen (secondary N) is 1. The molecule has 0 radical (unpaired) electrons. The number of benzene rings is 1. The number of thiazole rings is 1. The van der Waals surface area contributed by atoms with Crippen LogP contribution in [-0.2, 0) is 35.8 Å². The molecule has 1 aromatic carbocycles. The van der Waals surface area contributed by atoms with Crippen molar-refractivity contribution >= 4 is 58.3 Å². The van der Waals surface area contributed by atoms with E-state index in [1.54, 1.807) is 18.2 Å². The minimum atomic E-state index is -4.61. The van der Waals surface area contributed by atoms with Crippen LogP contribution in [-0.4, -0.2) is 64.7 Å². The monoisotopic (exact) mass is 528 g/mol. The second kappa shape index (κ2) is 12.0. The van der Waals surface area contributed by atoms with E-state index >= 15 is 0 Å². The molecule has 1 aromatic heterocycles. The van der Waals surface area contributed by atoms with Crippen LogP contribution in [0.4, 0.5) is 5.69 Å². The summed E-state index contributed by atoms with van der Waals surface area (Å²) in [5.74, 6) is 0. The average Bonchev–Trinajstić information content (AvgIpc) is 3.04. The van der Waals surface area contributed by atoms with Crippen LogP contribution in [0.1, 0.15) is 19.3 Å². The van der Waals surface area contributed by atoms with Gasteiger partial charge < -0.3 is 19.2 Å². The van der Waals surface area contributed by atoms with Crippen molar-refractivity contribution in [1.29, 1.82) is 0 Å². The third kappa shape index (κ3) is 8.23. The Morgan fingerprint density at radius 3 is 2.48 bits per heavy atom. The summed E-state index contributed by atoms with van der Waals surface area (Å²) < 4.78 is 85.9. The van der Waals surface area contributed by atoms with Crippen LogP contribution in [0.25, 0.3) is 10.2 Å². The Morgan fingerprint density at radius 2 is 1.90 bits per heavy atom. The molecular weight excluding hydrogens is 510 g/mol. The molecule has 1 N–H and O–H groups in total. The molecule has 3 rings (SSSR count). The summed E-state index contributed by atoms with van der Waals surface area (Å²) in [7, 11) is -8.02. The first-order chi connectivity index (χ1) is 13.4. The van der Waals surface area contributed by atoms with Gasteiger partial charge in [-0.15, -0.1) is 11.3 Å². The molecule has 1 fully saturated rings. The van der Waals surface area contributed by atoms with Crippen LogP contribution in [0.15, 0.2) is 22.5 Å². The van der Waals surface area contributed by atoms with Crippen LogP contribution in [0.2, 0.25) is 0 Å². The van der Waals surface area contributed by atoms with Crippen LogP contribution in [0.5, 0.6) is 0 Å². The van der Waals surface area contributed by atoms with Crippen molar-refractivity contribution in [2.24, 2.45) is 0 Å². The van der Waals surface area contributed by atoms with Gasteiger partial charge in [-0.2, -0.15) is 0 Å². The van der Waals surface area contributed by atoms with Crippen LogP contribution in [0.3, 0.4) is 0 Å². The van der Waals surface area contributed by atoms with Crippen molar-refractivity contribution in [3.63, 3.8) is 0 Å². The number of hydrogen-bond acceptors (Lipinski definition) is 11. The molecule has 1 heterocycles. The van der Waals surface area contributed by atoms with Gasteiger partial charge in [0.1, 0.15) is 6.73 Å². The van der Waals surface area contributed by atoms with Crippen molar-refractivity contribution in [3.05, 3.63) is 18.2 Å². The number of ether oxygens (including phenoxy) is 1. The van der Waals surface area contributed by atoms with E-state index in [1.165, 1.54) is 0 Å². The Balaban J connectivity index is 0.00000240. The van der Waals surface area contributed by atoms with E-state index < -0.39 is 47.6 Å².